The van der Waals surface area contributed by atoms with Gasteiger partial charge in [0.1, 0.15) is 6.29 Å². The predicted molar refractivity (Wildman–Crippen MR) is 72.7 cm³/mol. The van der Waals surface area contributed by atoms with Gasteiger partial charge in [0.05, 0.1) is 0 Å². The van der Waals surface area contributed by atoms with Gasteiger partial charge < -0.3 is 9.69 Å². The summed E-state index contributed by atoms with van der Waals surface area (Å²) in [5.41, 5.74) is 0.599. The lowest BCUT2D eigenvalue weighted by atomic mass is 9.74. The third-order valence-electron chi connectivity index (χ3n) is 3.92. The van der Waals surface area contributed by atoms with Crippen LogP contribution in [-0.2, 0) is 15.0 Å². The van der Waals surface area contributed by atoms with Crippen LogP contribution < -0.4 is 0 Å². The van der Waals surface area contributed by atoms with Gasteiger partial charge in [0, 0.05) is 42.7 Å². The molecule has 1 saturated heterocycles. The number of aromatic nitrogens is 1. The van der Waals surface area contributed by atoms with E-state index in [0.29, 0.717) is 25.8 Å². The molecule has 1 aromatic heterocycles. The maximum absolute atomic E-state index is 12.0. The van der Waals surface area contributed by atoms with Crippen LogP contribution in [0.15, 0.2) is 24.4 Å². The van der Waals surface area contributed by atoms with Crippen molar-refractivity contribution in [1.29, 1.82) is 0 Å². The Morgan fingerprint density at radius 2 is 2.26 bits per heavy atom. The number of hydrogen-bond acceptors (Lipinski definition) is 3. The molecule has 0 aliphatic carbocycles. The number of carbonyl (C=O) groups is 2. The average Bonchev–Trinajstić information content (AvgIpc) is 2.42. The second-order valence-corrected chi connectivity index (χ2v) is 5.48. The van der Waals surface area contributed by atoms with Crippen molar-refractivity contribution in [2.45, 2.75) is 44.6 Å². The molecule has 2 heterocycles. The summed E-state index contributed by atoms with van der Waals surface area (Å²) < 4.78 is 0. The molecule has 1 aliphatic rings. The molecule has 0 bridgehead atoms. The number of rotatable bonds is 4. The van der Waals surface area contributed by atoms with E-state index in [1.54, 1.807) is 6.20 Å². The summed E-state index contributed by atoms with van der Waals surface area (Å²) in [4.78, 5) is 29.3. The molecule has 4 nitrogen and oxygen atoms in total. The van der Waals surface area contributed by atoms with E-state index in [0.717, 1.165) is 12.0 Å². The highest BCUT2D eigenvalue weighted by Gasteiger charge is 2.41. The zero-order valence-electron chi connectivity index (χ0n) is 11.5. The van der Waals surface area contributed by atoms with Crippen LogP contribution in [0.1, 0.15) is 38.8 Å². The van der Waals surface area contributed by atoms with E-state index < -0.39 is 0 Å². The fourth-order valence-electron chi connectivity index (χ4n) is 2.77. The van der Waals surface area contributed by atoms with Gasteiger partial charge in [0.25, 0.3) is 0 Å². The maximum Gasteiger partial charge on any atom is 0.222 e. The van der Waals surface area contributed by atoms with Crippen LogP contribution in [0.2, 0.25) is 0 Å². The van der Waals surface area contributed by atoms with E-state index >= 15 is 0 Å². The number of likely N-dealkylation sites (tertiary alicyclic amines) is 1. The number of amides is 1. The van der Waals surface area contributed by atoms with Crippen molar-refractivity contribution in [3.05, 3.63) is 30.1 Å². The summed E-state index contributed by atoms with van der Waals surface area (Å²) in [5.74, 6) is 0.174. The smallest absolute Gasteiger partial charge is 0.222 e. The number of carbonyl (C=O) groups excluding carboxylic acids is 2. The van der Waals surface area contributed by atoms with Crippen LogP contribution in [-0.4, -0.2) is 34.7 Å². The number of pyridine rings is 1. The zero-order chi connectivity index (χ0) is 13.9. The van der Waals surface area contributed by atoms with Gasteiger partial charge in [-0.2, -0.15) is 0 Å². The van der Waals surface area contributed by atoms with Crippen molar-refractivity contribution < 1.29 is 9.59 Å². The standard InChI is InChI=1S/C15H20N2O2/c1-12(2)17-11-15(8-10-18,7-6-14(17)19)13-5-3-4-9-16-13/h3-5,9-10,12H,6-8,11H2,1-2H3. The second kappa shape index (κ2) is 5.51. The normalized spacial score (nSPS) is 23.7. The summed E-state index contributed by atoms with van der Waals surface area (Å²) in [7, 11) is 0. The van der Waals surface area contributed by atoms with Crippen molar-refractivity contribution in [2.75, 3.05) is 6.54 Å². The van der Waals surface area contributed by atoms with Crippen molar-refractivity contribution in [1.82, 2.24) is 9.88 Å². The van der Waals surface area contributed by atoms with Crippen molar-refractivity contribution in [3.8, 4) is 0 Å². The average molecular weight is 260 g/mol. The zero-order valence-corrected chi connectivity index (χ0v) is 11.5. The number of nitrogens with zero attached hydrogens (tertiary/aromatic N) is 2. The van der Waals surface area contributed by atoms with Gasteiger partial charge in [-0.25, -0.2) is 0 Å². The van der Waals surface area contributed by atoms with E-state index in [2.05, 4.69) is 4.98 Å². The summed E-state index contributed by atoms with van der Waals surface area (Å²) >= 11 is 0. The first-order valence-electron chi connectivity index (χ1n) is 6.74. The molecule has 1 aromatic rings. The maximum atomic E-state index is 12.0. The molecule has 0 radical (unpaired) electrons. The lowest BCUT2D eigenvalue weighted by Crippen LogP contribution is -2.52. The molecule has 1 atom stereocenters. The fraction of sp³-hybridized carbons (Fsp3) is 0.533. The SMILES string of the molecule is CC(C)N1CC(CC=O)(c2ccccn2)CCC1=O. The Labute approximate surface area is 113 Å². The molecular weight excluding hydrogens is 240 g/mol. The van der Waals surface area contributed by atoms with E-state index in [9.17, 15) is 9.59 Å². The van der Waals surface area contributed by atoms with Gasteiger partial charge in [-0.15, -0.1) is 0 Å². The molecule has 0 saturated carbocycles. The fourth-order valence-corrected chi connectivity index (χ4v) is 2.77. The molecule has 0 N–H and O–H groups in total. The van der Waals surface area contributed by atoms with Crippen LogP contribution in [0.25, 0.3) is 0 Å². The Kier molecular flexibility index (Phi) is 3.98. The number of piperidine rings is 1. The quantitative estimate of drug-likeness (QED) is 0.777. The lowest BCUT2D eigenvalue weighted by molar-refractivity contribution is -0.138. The Morgan fingerprint density at radius 1 is 1.47 bits per heavy atom. The molecule has 2 rings (SSSR count). The van der Waals surface area contributed by atoms with Crippen molar-refractivity contribution in [2.24, 2.45) is 0 Å². The monoisotopic (exact) mass is 260 g/mol. The Bertz CT molecular complexity index is 458. The molecule has 0 spiro atoms. The summed E-state index contributed by atoms with van der Waals surface area (Å²) in [6, 6.07) is 5.91. The molecule has 0 aromatic carbocycles. The summed E-state index contributed by atoms with van der Waals surface area (Å²) in [6.45, 7) is 4.60. The lowest BCUT2D eigenvalue weighted by Gasteiger charge is -2.43. The van der Waals surface area contributed by atoms with Gasteiger partial charge in [-0.05, 0) is 32.4 Å². The molecule has 102 valence electrons. The topological polar surface area (TPSA) is 50.3 Å². The van der Waals surface area contributed by atoms with E-state index in [4.69, 9.17) is 0 Å². The predicted octanol–water partition coefficient (Wildman–Crippen LogP) is 1.94. The Balaban J connectivity index is 2.35. The van der Waals surface area contributed by atoms with Gasteiger partial charge in [0.2, 0.25) is 5.91 Å². The van der Waals surface area contributed by atoms with Crippen molar-refractivity contribution >= 4 is 12.2 Å². The van der Waals surface area contributed by atoms with Gasteiger partial charge in [-0.3, -0.25) is 9.78 Å². The minimum atomic E-state index is -0.318. The minimum absolute atomic E-state index is 0.155. The van der Waals surface area contributed by atoms with Crippen LogP contribution in [0.5, 0.6) is 0 Å². The highest BCUT2D eigenvalue weighted by Crippen LogP contribution is 2.36. The number of aldehydes is 1. The second-order valence-electron chi connectivity index (χ2n) is 5.48. The van der Waals surface area contributed by atoms with Gasteiger partial charge >= 0.3 is 0 Å². The van der Waals surface area contributed by atoms with Crippen LogP contribution in [0.3, 0.4) is 0 Å². The number of hydrogen-bond donors (Lipinski definition) is 0. The molecule has 1 aliphatic heterocycles. The first-order chi connectivity index (χ1) is 9.09. The molecule has 1 unspecified atom stereocenters. The van der Waals surface area contributed by atoms with Crippen LogP contribution in [0, 0.1) is 0 Å². The Hall–Kier alpha value is -1.71. The van der Waals surface area contributed by atoms with Crippen LogP contribution >= 0.6 is 0 Å². The Morgan fingerprint density at radius 3 is 2.84 bits per heavy atom. The molecule has 19 heavy (non-hydrogen) atoms. The van der Waals surface area contributed by atoms with Gasteiger partial charge in [0.15, 0.2) is 0 Å². The highest BCUT2D eigenvalue weighted by molar-refractivity contribution is 5.78. The van der Waals surface area contributed by atoms with E-state index in [-0.39, 0.29) is 17.4 Å². The first kappa shape index (κ1) is 13.7. The largest absolute Gasteiger partial charge is 0.339 e. The van der Waals surface area contributed by atoms with E-state index in [1.165, 1.54) is 0 Å². The van der Waals surface area contributed by atoms with Crippen LogP contribution in [0.4, 0.5) is 0 Å². The van der Waals surface area contributed by atoms with Gasteiger partial charge in [-0.1, -0.05) is 6.07 Å². The molecule has 4 heteroatoms. The first-order valence-corrected chi connectivity index (χ1v) is 6.74. The van der Waals surface area contributed by atoms with E-state index in [1.807, 2.05) is 36.9 Å². The molecule has 1 amide bonds. The summed E-state index contributed by atoms with van der Waals surface area (Å²) in [6.07, 6.45) is 4.30. The minimum Gasteiger partial charge on any atom is -0.339 e. The molecular formula is C15H20N2O2. The molecule has 1 fully saturated rings. The summed E-state index contributed by atoms with van der Waals surface area (Å²) in [5, 5.41) is 0. The van der Waals surface area contributed by atoms with Crippen molar-refractivity contribution in [3.63, 3.8) is 0 Å². The highest BCUT2D eigenvalue weighted by atomic mass is 16.2. The third kappa shape index (κ3) is 2.67. The third-order valence-corrected chi connectivity index (χ3v) is 3.92.